The molecule has 0 spiro atoms. The van der Waals surface area contributed by atoms with Crippen molar-refractivity contribution >= 4 is 30.5 Å². The average molecular weight is 418 g/mol. The van der Waals surface area contributed by atoms with Gasteiger partial charge in [-0.1, -0.05) is 0 Å². The molecule has 1 unspecified atom stereocenters. The van der Waals surface area contributed by atoms with Gasteiger partial charge in [0.05, 0.1) is 32.2 Å². The number of hydrogen-bond acceptors (Lipinski definition) is 10. The third-order valence-electron chi connectivity index (χ3n) is 3.68. The maximum absolute atomic E-state index is 12.1. The number of nitrogens with two attached hydrogens (primary N) is 2. The third kappa shape index (κ3) is 6.66. The fourth-order valence-corrected chi connectivity index (χ4v) is 3.27. The number of fused-ring (bicyclic) bond motifs is 1. The normalized spacial score (nSPS) is 15.0. The van der Waals surface area contributed by atoms with E-state index in [-0.39, 0.29) is 31.5 Å². The van der Waals surface area contributed by atoms with Crippen LogP contribution in [0, 0.1) is 0 Å². The molecule has 0 radical (unpaired) electrons. The quantitative estimate of drug-likeness (QED) is 0.307. The second kappa shape index (κ2) is 10.6. The first-order valence-electron chi connectivity index (χ1n) is 8.74. The lowest BCUT2D eigenvalue weighted by Gasteiger charge is -2.20. The van der Waals surface area contributed by atoms with Crippen LogP contribution >= 0.6 is 7.60 Å². The molecule has 13 heteroatoms. The summed E-state index contributed by atoms with van der Waals surface area (Å²) in [5.41, 5.74) is 12.3. The molecule has 12 nitrogen and oxygen atoms in total. The molecule has 0 fully saturated rings. The van der Waals surface area contributed by atoms with E-state index in [2.05, 4.69) is 15.0 Å². The van der Waals surface area contributed by atoms with Crippen LogP contribution in [0.25, 0.3) is 11.2 Å². The Labute approximate surface area is 162 Å². The van der Waals surface area contributed by atoms with Crippen molar-refractivity contribution < 1.29 is 28.2 Å². The lowest BCUT2D eigenvalue weighted by Crippen LogP contribution is -2.26. The molecule has 158 valence electrons. The van der Waals surface area contributed by atoms with Crippen molar-refractivity contribution in [2.24, 2.45) is 0 Å². The first-order chi connectivity index (χ1) is 13.4. The summed E-state index contributed by atoms with van der Waals surface area (Å²) in [6.45, 7) is 3.31. The minimum absolute atomic E-state index is 0.0262. The maximum atomic E-state index is 12.1. The summed E-state index contributed by atoms with van der Waals surface area (Å²) in [5, 5.41) is 0. The van der Waals surface area contributed by atoms with Gasteiger partial charge in [0.1, 0.15) is 11.9 Å². The van der Waals surface area contributed by atoms with Gasteiger partial charge in [-0.05, 0) is 13.3 Å². The molecule has 0 aliphatic carbocycles. The maximum Gasteiger partial charge on any atom is 0.353 e. The molecular weight excluding hydrogens is 391 g/mol. The van der Waals surface area contributed by atoms with E-state index in [1.807, 2.05) is 6.92 Å². The fraction of sp³-hybridized carbons (Fsp3) is 0.667. The van der Waals surface area contributed by atoms with Crippen LogP contribution in [-0.2, 0) is 29.8 Å². The summed E-state index contributed by atoms with van der Waals surface area (Å²) < 4.78 is 34.7. The Morgan fingerprint density at radius 2 is 2.11 bits per heavy atom. The predicted molar refractivity (Wildman–Crippen MR) is 103 cm³/mol. The van der Waals surface area contributed by atoms with E-state index in [0.717, 1.165) is 0 Å². The van der Waals surface area contributed by atoms with Gasteiger partial charge in [0, 0.05) is 20.3 Å². The van der Waals surface area contributed by atoms with Crippen molar-refractivity contribution in [1.82, 2.24) is 19.5 Å². The number of aromatic nitrogens is 4. The summed E-state index contributed by atoms with van der Waals surface area (Å²) in [6, 6.07) is 0. The smallest absolute Gasteiger partial charge is 0.353 e. The first-order valence-corrected chi connectivity index (χ1v) is 10.5. The number of hydrogen-bond donors (Lipinski definition) is 3. The summed E-state index contributed by atoms with van der Waals surface area (Å²) in [5.74, 6) is 0.200. The van der Waals surface area contributed by atoms with Gasteiger partial charge in [0.25, 0.3) is 0 Å². The highest BCUT2D eigenvalue weighted by Crippen LogP contribution is 2.42. The summed E-state index contributed by atoms with van der Waals surface area (Å²) in [4.78, 5) is 22.1. The Balaban J connectivity index is 2.03. The van der Waals surface area contributed by atoms with Gasteiger partial charge in [-0.2, -0.15) is 9.97 Å². The zero-order valence-electron chi connectivity index (χ0n) is 16.0. The predicted octanol–water partition coefficient (Wildman–Crippen LogP) is 0.608. The van der Waals surface area contributed by atoms with Gasteiger partial charge in [-0.3, -0.25) is 4.57 Å². The Kier molecular flexibility index (Phi) is 8.55. The molecule has 2 aromatic rings. The van der Waals surface area contributed by atoms with Crippen LogP contribution in [0.1, 0.15) is 13.3 Å². The van der Waals surface area contributed by atoms with Crippen LogP contribution in [0.2, 0.25) is 0 Å². The van der Waals surface area contributed by atoms with E-state index >= 15 is 0 Å². The van der Waals surface area contributed by atoms with E-state index in [1.165, 1.54) is 6.33 Å². The first kappa shape index (κ1) is 22.5. The van der Waals surface area contributed by atoms with Crippen LogP contribution in [0.15, 0.2) is 6.33 Å². The standard InChI is InChI=1S/C15H27N6O6P/c1-3-25-8-11(26-10-28(22,23)27-6-4-5-24-2)7-21-9-18-12-13(16)19-15(17)20-14(12)21/h9,11H,3-8,10H2,1-2H3,(H,22,23)(H4,16,17,19,20)/t11-/m0/s1. The molecule has 2 heterocycles. The minimum atomic E-state index is -3.90. The van der Waals surface area contributed by atoms with Crippen molar-refractivity contribution in [3.63, 3.8) is 0 Å². The van der Waals surface area contributed by atoms with Gasteiger partial charge < -0.3 is 39.7 Å². The van der Waals surface area contributed by atoms with Gasteiger partial charge in [-0.25, -0.2) is 4.98 Å². The lowest BCUT2D eigenvalue weighted by atomic mass is 10.3. The largest absolute Gasteiger partial charge is 0.385 e. The number of methoxy groups -OCH3 is 1. The van der Waals surface area contributed by atoms with Crippen molar-refractivity contribution in [3.05, 3.63) is 6.33 Å². The van der Waals surface area contributed by atoms with E-state index in [9.17, 15) is 9.46 Å². The van der Waals surface area contributed by atoms with Crippen molar-refractivity contribution in [2.75, 3.05) is 51.4 Å². The number of anilines is 2. The van der Waals surface area contributed by atoms with Crippen LogP contribution in [0.4, 0.5) is 11.8 Å². The van der Waals surface area contributed by atoms with Crippen molar-refractivity contribution in [2.45, 2.75) is 26.0 Å². The van der Waals surface area contributed by atoms with Gasteiger partial charge in [0.2, 0.25) is 5.95 Å². The zero-order chi connectivity index (χ0) is 20.6. The third-order valence-corrected chi connectivity index (χ3v) is 4.74. The fourth-order valence-electron chi connectivity index (χ4n) is 2.39. The number of imidazole rings is 1. The topological polar surface area (TPSA) is 170 Å². The molecule has 5 N–H and O–H groups in total. The molecule has 2 aromatic heterocycles. The molecule has 2 rings (SSSR count). The highest BCUT2D eigenvalue weighted by atomic mass is 31.2. The molecular formula is C15H27N6O6P. The van der Waals surface area contributed by atoms with E-state index < -0.39 is 20.0 Å². The second-order valence-electron chi connectivity index (χ2n) is 5.93. The molecule has 0 bridgehead atoms. The molecule has 0 saturated carbocycles. The SMILES string of the molecule is CCOC[C@H](Cn1cnc2c(N)nc(N)nc21)OCP(=O)(O)OCCCOC. The zero-order valence-corrected chi connectivity index (χ0v) is 16.9. The number of ether oxygens (including phenoxy) is 3. The van der Waals surface area contributed by atoms with Crippen LogP contribution in [0.3, 0.4) is 0 Å². The minimum Gasteiger partial charge on any atom is -0.385 e. The Bertz CT molecular complexity index is 803. The summed E-state index contributed by atoms with van der Waals surface area (Å²) >= 11 is 0. The van der Waals surface area contributed by atoms with Crippen molar-refractivity contribution in [1.29, 1.82) is 0 Å². The van der Waals surface area contributed by atoms with Crippen LogP contribution < -0.4 is 11.5 Å². The van der Waals surface area contributed by atoms with Gasteiger partial charge >= 0.3 is 7.60 Å². The molecule has 2 atom stereocenters. The Morgan fingerprint density at radius 1 is 1.32 bits per heavy atom. The van der Waals surface area contributed by atoms with E-state index in [0.29, 0.717) is 30.8 Å². The molecule has 0 aromatic carbocycles. The van der Waals surface area contributed by atoms with Crippen molar-refractivity contribution in [3.8, 4) is 0 Å². The molecule has 0 aliphatic heterocycles. The molecule has 0 amide bonds. The molecule has 0 saturated heterocycles. The monoisotopic (exact) mass is 418 g/mol. The van der Waals surface area contributed by atoms with E-state index in [1.54, 1.807) is 11.7 Å². The van der Waals surface area contributed by atoms with Crippen LogP contribution in [-0.4, -0.2) is 70.4 Å². The Morgan fingerprint density at radius 3 is 2.82 bits per heavy atom. The van der Waals surface area contributed by atoms with Gasteiger partial charge in [0.15, 0.2) is 11.5 Å². The van der Waals surface area contributed by atoms with E-state index in [4.69, 9.17) is 30.2 Å². The Hall–Kier alpha value is -1.82. The number of nitrogens with zero attached hydrogens (tertiary/aromatic N) is 4. The van der Waals surface area contributed by atoms with Gasteiger partial charge in [-0.15, -0.1) is 0 Å². The summed E-state index contributed by atoms with van der Waals surface area (Å²) in [6.07, 6.45) is 1.02. The number of rotatable bonds is 13. The molecule has 28 heavy (non-hydrogen) atoms. The van der Waals surface area contributed by atoms with Crippen LogP contribution in [0.5, 0.6) is 0 Å². The lowest BCUT2D eigenvalue weighted by molar-refractivity contribution is -0.00976. The summed E-state index contributed by atoms with van der Waals surface area (Å²) in [7, 11) is -2.35. The number of nitrogen functional groups attached to an aromatic ring is 2. The highest BCUT2D eigenvalue weighted by molar-refractivity contribution is 7.52. The second-order valence-corrected chi connectivity index (χ2v) is 7.72. The molecule has 0 aliphatic rings. The highest BCUT2D eigenvalue weighted by Gasteiger charge is 2.23. The average Bonchev–Trinajstić information content (AvgIpc) is 3.04.